The Morgan fingerprint density at radius 3 is 2.62 bits per heavy atom. The molecule has 1 heterocycles. The molecule has 0 saturated heterocycles. The number of nitrogens with zero attached hydrogens (tertiary/aromatic N) is 3. The number of benzene rings is 1. The fraction of sp³-hybridized carbons (Fsp3) is 0.167. The average molecular weight is 325 g/mol. The highest BCUT2D eigenvalue weighted by Crippen LogP contribution is 2.10. The maximum Gasteiger partial charge on any atom is 0.257 e. The van der Waals surface area contributed by atoms with Crippen LogP contribution < -0.4 is 10.7 Å². The van der Waals surface area contributed by atoms with Gasteiger partial charge < -0.3 is 0 Å². The van der Waals surface area contributed by atoms with Gasteiger partial charge in [-0.05, 0) is 49.7 Å². The fourth-order valence-corrected chi connectivity index (χ4v) is 2.18. The van der Waals surface area contributed by atoms with Crippen LogP contribution in [0.2, 0.25) is 0 Å². The summed E-state index contributed by atoms with van der Waals surface area (Å²) < 4.78 is 14.4. The molecule has 0 aliphatic carbocycles. The van der Waals surface area contributed by atoms with E-state index in [2.05, 4.69) is 20.9 Å². The van der Waals surface area contributed by atoms with Gasteiger partial charge in [0.05, 0.1) is 0 Å². The SMILES string of the molecule is CSc1nnc(C)n1NC(=S)NC(=O)c1ccc(F)cc1. The number of halogens is 1. The lowest BCUT2D eigenvalue weighted by Crippen LogP contribution is -2.38. The number of hydrogen-bond donors (Lipinski definition) is 2. The number of amides is 1. The van der Waals surface area contributed by atoms with Gasteiger partial charge in [0.1, 0.15) is 11.6 Å². The standard InChI is InChI=1S/C12H12FN5OS2/c1-7-15-16-12(21-2)18(7)17-11(20)14-10(19)8-3-5-9(13)6-4-8/h3-6H,1-2H3,(H2,14,17,19,20). The third-order valence-corrected chi connectivity index (χ3v) is 3.35. The Morgan fingerprint density at radius 1 is 1.33 bits per heavy atom. The lowest BCUT2D eigenvalue weighted by atomic mass is 10.2. The maximum absolute atomic E-state index is 12.8. The molecule has 1 aromatic heterocycles. The van der Waals surface area contributed by atoms with Crippen LogP contribution in [0.15, 0.2) is 29.4 Å². The number of hydrogen-bond acceptors (Lipinski definition) is 5. The van der Waals surface area contributed by atoms with E-state index in [1.54, 1.807) is 11.6 Å². The number of thioether (sulfide) groups is 1. The van der Waals surface area contributed by atoms with Gasteiger partial charge in [0.25, 0.3) is 5.91 Å². The number of thiocarbonyl (C=S) groups is 1. The third kappa shape index (κ3) is 3.76. The second-order valence-corrected chi connectivity index (χ2v) is 5.15. The van der Waals surface area contributed by atoms with Crippen molar-refractivity contribution in [3.8, 4) is 0 Å². The Kier molecular flexibility index (Phi) is 4.86. The van der Waals surface area contributed by atoms with Crippen LogP contribution in [0.3, 0.4) is 0 Å². The molecule has 1 amide bonds. The molecule has 0 spiro atoms. The summed E-state index contributed by atoms with van der Waals surface area (Å²) in [5, 5.41) is 11.1. The molecule has 6 nitrogen and oxygen atoms in total. The molecule has 0 saturated carbocycles. The fourth-order valence-electron chi connectivity index (χ4n) is 1.51. The summed E-state index contributed by atoms with van der Waals surface area (Å²) in [4.78, 5) is 11.9. The molecular weight excluding hydrogens is 313 g/mol. The van der Waals surface area contributed by atoms with Gasteiger partial charge >= 0.3 is 0 Å². The maximum atomic E-state index is 12.8. The van der Waals surface area contributed by atoms with Crippen LogP contribution in [0.25, 0.3) is 0 Å². The van der Waals surface area contributed by atoms with Crippen molar-refractivity contribution in [2.45, 2.75) is 12.1 Å². The van der Waals surface area contributed by atoms with Gasteiger partial charge in [0, 0.05) is 5.56 Å². The van der Waals surface area contributed by atoms with Crippen molar-refractivity contribution in [2.24, 2.45) is 0 Å². The average Bonchev–Trinajstić information content (AvgIpc) is 2.80. The van der Waals surface area contributed by atoms with Crippen molar-refractivity contribution < 1.29 is 9.18 Å². The molecule has 2 rings (SSSR count). The second kappa shape index (κ2) is 6.64. The molecule has 2 N–H and O–H groups in total. The van der Waals surface area contributed by atoms with E-state index in [0.29, 0.717) is 16.5 Å². The minimum Gasteiger partial charge on any atom is -0.298 e. The third-order valence-electron chi connectivity index (χ3n) is 2.52. The zero-order valence-electron chi connectivity index (χ0n) is 11.3. The second-order valence-electron chi connectivity index (χ2n) is 3.97. The summed E-state index contributed by atoms with van der Waals surface area (Å²) in [6.07, 6.45) is 1.85. The van der Waals surface area contributed by atoms with Gasteiger partial charge in [-0.2, -0.15) is 0 Å². The predicted molar refractivity (Wildman–Crippen MR) is 82.4 cm³/mol. The molecule has 2 aromatic rings. The summed E-state index contributed by atoms with van der Waals surface area (Å²) >= 11 is 6.46. The zero-order valence-corrected chi connectivity index (χ0v) is 12.9. The molecule has 1 aromatic carbocycles. The van der Waals surface area contributed by atoms with E-state index in [4.69, 9.17) is 12.2 Å². The predicted octanol–water partition coefficient (Wildman–Crippen LogP) is 1.71. The lowest BCUT2D eigenvalue weighted by molar-refractivity contribution is 0.0977. The lowest BCUT2D eigenvalue weighted by Gasteiger charge is -2.12. The molecule has 110 valence electrons. The summed E-state index contributed by atoms with van der Waals surface area (Å²) in [7, 11) is 0. The molecule has 0 fully saturated rings. The van der Waals surface area contributed by atoms with Gasteiger partial charge in [0.15, 0.2) is 5.11 Å². The van der Waals surface area contributed by atoms with E-state index in [1.807, 2.05) is 6.26 Å². The minimum absolute atomic E-state index is 0.0996. The normalized spacial score (nSPS) is 10.2. The number of nitrogens with one attached hydrogen (secondary N) is 2. The van der Waals surface area contributed by atoms with Crippen molar-refractivity contribution in [1.82, 2.24) is 20.2 Å². The number of rotatable bonds is 3. The first kappa shape index (κ1) is 15.4. The van der Waals surface area contributed by atoms with Crippen LogP contribution in [0, 0.1) is 12.7 Å². The van der Waals surface area contributed by atoms with E-state index in [-0.39, 0.29) is 5.11 Å². The van der Waals surface area contributed by atoms with Gasteiger partial charge in [-0.3, -0.25) is 15.5 Å². The van der Waals surface area contributed by atoms with Crippen molar-refractivity contribution in [1.29, 1.82) is 0 Å². The molecule has 9 heteroatoms. The van der Waals surface area contributed by atoms with Crippen molar-refractivity contribution in [3.05, 3.63) is 41.5 Å². The molecule has 0 aliphatic rings. The molecule has 0 unspecified atom stereocenters. The summed E-state index contributed by atoms with van der Waals surface area (Å²) in [6, 6.07) is 5.18. The molecule has 0 aliphatic heterocycles. The van der Waals surface area contributed by atoms with Crippen LogP contribution in [0.4, 0.5) is 4.39 Å². The van der Waals surface area contributed by atoms with E-state index < -0.39 is 11.7 Å². The van der Waals surface area contributed by atoms with Crippen molar-refractivity contribution in [2.75, 3.05) is 11.7 Å². The largest absolute Gasteiger partial charge is 0.298 e. The highest BCUT2D eigenvalue weighted by Gasteiger charge is 2.11. The van der Waals surface area contributed by atoms with Crippen LogP contribution >= 0.6 is 24.0 Å². The Morgan fingerprint density at radius 2 is 2.00 bits per heavy atom. The van der Waals surface area contributed by atoms with E-state index in [0.717, 1.165) is 0 Å². The first-order valence-electron chi connectivity index (χ1n) is 5.85. The summed E-state index contributed by atoms with van der Waals surface area (Å²) in [5.74, 6) is -0.223. The monoisotopic (exact) mass is 325 g/mol. The molecule has 0 radical (unpaired) electrons. The Hall–Kier alpha value is -2.00. The minimum atomic E-state index is -0.427. The van der Waals surface area contributed by atoms with Crippen LogP contribution in [0.5, 0.6) is 0 Å². The number of carbonyl (C=O) groups is 1. The summed E-state index contributed by atoms with van der Waals surface area (Å²) in [5.41, 5.74) is 3.13. The smallest absolute Gasteiger partial charge is 0.257 e. The first-order chi connectivity index (χ1) is 10.0. The molecule has 0 bridgehead atoms. The molecular formula is C12H12FN5OS2. The Bertz CT molecular complexity index is 671. The Labute approximate surface area is 130 Å². The number of aromatic nitrogens is 3. The highest BCUT2D eigenvalue weighted by molar-refractivity contribution is 7.98. The number of aryl methyl sites for hydroxylation is 1. The Balaban J connectivity index is 2.03. The van der Waals surface area contributed by atoms with Gasteiger partial charge in [-0.25, -0.2) is 9.07 Å². The van der Waals surface area contributed by atoms with Crippen LogP contribution in [-0.2, 0) is 0 Å². The van der Waals surface area contributed by atoms with Crippen molar-refractivity contribution in [3.63, 3.8) is 0 Å². The topological polar surface area (TPSA) is 71.8 Å². The molecule has 0 atom stereocenters. The van der Waals surface area contributed by atoms with E-state index in [9.17, 15) is 9.18 Å². The number of carbonyl (C=O) groups excluding carboxylic acids is 1. The highest BCUT2D eigenvalue weighted by atomic mass is 32.2. The summed E-state index contributed by atoms with van der Waals surface area (Å²) in [6.45, 7) is 1.75. The van der Waals surface area contributed by atoms with Crippen LogP contribution in [-0.4, -0.2) is 32.1 Å². The van der Waals surface area contributed by atoms with E-state index >= 15 is 0 Å². The van der Waals surface area contributed by atoms with E-state index in [1.165, 1.54) is 36.0 Å². The van der Waals surface area contributed by atoms with Gasteiger partial charge in [-0.1, -0.05) is 11.8 Å². The van der Waals surface area contributed by atoms with Gasteiger partial charge in [-0.15, -0.1) is 10.2 Å². The quantitative estimate of drug-likeness (QED) is 0.661. The zero-order chi connectivity index (χ0) is 15.4. The van der Waals surface area contributed by atoms with Gasteiger partial charge in [0.2, 0.25) is 5.16 Å². The molecule has 21 heavy (non-hydrogen) atoms. The van der Waals surface area contributed by atoms with Crippen LogP contribution in [0.1, 0.15) is 16.2 Å². The van der Waals surface area contributed by atoms with Crippen molar-refractivity contribution >= 4 is 35.0 Å². The first-order valence-corrected chi connectivity index (χ1v) is 7.48.